The van der Waals surface area contributed by atoms with Crippen LogP contribution in [0.4, 0.5) is 4.79 Å². The normalized spacial score (nSPS) is 17.8. The summed E-state index contributed by atoms with van der Waals surface area (Å²) in [4.78, 5) is 35.3. The molecule has 1 aliphatic rings. The number of aromatic carboxylic acids is 1. The minimum Gasteiger partial charge on any atom is -0.478 e. The number of nitrogens with one attached hydrogen (secondary N) is 1. The third kappa shape index (κ3) is 2.71. The summed E-state index contributed by atoms with van der Waals surface area (Å²) in [5, 5.41) is 11.3. The number of cyclic esters (lactones) is 1. The number of benzene rings is 1. The summed E-state index contributed by atoms with van der Waals surface area (Å²) in [7, 11) is 1.49. The summed E-state index contributed by atoms with van der Waals surface area (Å²) in [6.45, 7) is 0.211. The zero-order valence-electron chi connectivity index (χ0n) is 10.8. The molecule has 20 heavy (non-hydrogen) atoms. The van der Waals surface area contributed by atoms with E-state index in [0.717, 1.165) is 5.56 Å². The van der Waals surface area contributed by atoms with Gasteiger partial charge in [-0.15, -0.1) is 0 Å². The number of ether oxygens (including phenoxy) is 1. The van der Waals surface area contributed by atoms with Crippen molar-refractivity contribution in [3.63, 3.8) is 0 Å². The molecule has 0 radical (unpaired) electrons. The van der Waals surface area contributed by atoms with Gasteiger partial charge in [-0.3, -0.25) is 9.69 Å². The maximum absolute atomic E-state index is 11.6. The van der Waals surface area contributed by atoms with Crippen molar-refractivity contribution in [2.24, 2.45) is 0 Å². The molecule has 1 aromatic carbocycles. The van der Waals surface area contributed by atoms with Crippen LogP contribution in [0, 0.1) is 0 Å². The Balaban J connectivity index is 2.12. The van der Waals surface area contributed by atoms with Crippen molar-refractivity contribution < 1.29 is 24.2 Å². The van der Waals surface area contributed by atoms with Gasteiger partial charge in [-0.2, -0.15) is 0 Å². The number of nitrogens with zero attached hydrogens (tertiary/aromatic N) is 1. The fourth-order valence-electron chi connectivity index (χ4n) is 1.96. The SMILES string of the molecule is CNC(=O)[C@@H]1COC(=O)N1Cc1ccc(C(=O)O)cc1. The molecule has 0 bridgehead atoms. The molecule has 1 heterocycles. The van der Waals surface area contributed by atoms with Crippen LogP contribution in [-0.2, 0) is 16.1 Å². The Labute approximate surface area is 115 Å². The topological polar surface area (TPSA) is 95.9 Å². The number of hydrogen-bond donors (Lipinski definition) is 2. The highest BCUT2D eigenvalue weighted by Gasteiger charge is 2.37. The molecule has 0 aliphatic carbocycles. The van der Waals surface area contributed by atoms with E-state index in [0.29, 0.717) is 0 Å². The van der Waals surface area contributed by atoms with Gasteiger partial charge in [0.05, 0.1) is 12.1 Å². The third-order valence-corrected chi connectivity index (χ3v) is 3.08. The van der Waals surface area contributed by atoms with Gasteiger partial charge in [0.25, 0.3) is 0 Å². The zero-order chi connectivity index (χ0) is 14.7. The van der Waals surface area contributed by atoms with Crippen LogP contribution in [0.2, 0.25) is 0 Å². The first-order chi connectivity index (χ1) is 9.52. The molecule has 7 nitrogen and oxygen atoms in total. The molecule has 1 atom stereocenters. The van der Waals surface area contributed by atoms with E-state index in [9.17, 15) is 14.4 Å². The van der Waals surface area contributed by atoms with E-state index in [-0.39, 0.29) is 24.6 Å². The van der Waals surface area contributed by atoms with Gasteiger partial charge in [-0.25, -0.2) is 9.59 Å². The van der Waals surface area contributed by atoms with E-state index in [2.05, 4.69) is 5.32 Å². The Morgan fingerprint density at radius 3 is 2.60 bits per heavy atom. The van der Waals surface area contributed by atoms with Crippen LogP contribution in [-0.4, -0.2) is 47.7 Å². The first-order valence-corrected chi connectivity index (χ1v) is 6.00. The van der Waals surface area contributed by atoms with Crippen molar-refractivity contribution in [1.29, 1.82) is 0 Å². The van der Waals surface area contributed by atoms with Gasteiger partial charge in [0.2, 0.25) is 5.91 Å². The molecular formula is C13H14N2O5. The standard InChI is InChI=1S/C13H14N2O5/c1-14-11(16)10-7-20-13(19)15(10)6-8-2-4-9(5-3-8)12(17)18/h2-5,10H,6-7H2,1H3,(H,14,16)(H,17,18)/t10-/m0/s1. The van der Waals surface area contributed by atoms with Crippen LogP contribution in [0.1, 0.15) is 15.9 Å². The quantitative estimate of drug-likeness (QED) is 0.833. The first kappa shape index (κ1) is 13.9. The Bertz CT molecular complexity index is 540. The van der Waals surface area contributed by atoms with Crippen LogP contribution in [0.5, 0.6) is 0 Å². The second-order valence-electron chi connectivity index (χ2n) is 4.34. The summed E-state index contributed by atoms with van der Waals surface area (Å²) in [6, 6.07) is 5.46. The predicted octanol–water partition coefficient (Wildman–Crippen LogP) is 0.452. The Morgan fingerprint density at radius 2 is 2.05 bits per heavy atom. The van der Waals surface area contributed by atoms with E-state index in [1.54, 1.807) is 12.1 Å². The fraction of sp³-hybridized carbons (Fsp3) is 0.308. The summed E-state index contributed by atoms with van der Waals surface area (Å²) < 4.78 is 4.87. The highest BCUT2D eigenvalue weighted by atomic mass is 16.6. The van der Waals surface area contributed by atoms with Crippen molar-refractivity contribution in [2.75, 3.05) is 13.7 Å². The lowest BCUT2D eigenvalue weighted by Crippen LogP contribution is -2.44. The average Bonchev–Trinajstić information content (AvgIpc) is 2.80. The molecule has 1 aliphatic heterocycles. The van der Waals surface area contributed by atoms with Gasteiger partial charge in [0, 0.05) is 7.05 Å². The van der Waals surface area contributed by atoms with Gasteiger partial charge in [0.15, 0.2) is 0 Å². The highest BCUT2D eigenvalue weighted by molar-refractivity contribution is 5.88. The summed E-state index contributed by atoms with van der Waals surface area (Å²) in [5.74, 6) is -1.31. The number of carbonyl (C=O) groups is 3. The molecule has 0 unspecified atom stereocenters. The van der Waals surface area contributed by atoms with E-state index in [1.165, 1.54) is 24.1 Å². The van der Waals surface area contributed by atoms with Crippen molar-refractivity contribution in [2.45, 2.75) is 12.6 Å². The largest absolute Gasteiger partial charge is 0.478 e. The van der Waals surface area contributed by atoms with E-state index >= 15 is 0 Å². The van der Waals surface area contributed by atoms with Crippen molar-refractivity contribution in [1.82, 2.24) is 10.2 Å². The van der Waals surface area contributed by atoms with Crippen molar-refractivity contribution >= 4 is 18.0 Å². The number of carbonyl (C=O) groups excluding carboxylic acids is 2. The second kappa shape index (κ2) is 5.60. The van der Waals surface area contributed by atoms with Crippen molar-refractivity contribution in [3.8, 4) is 0 Å². The summed E-state index contributed by atoms with van der Waals surface area (Å²) >= 11 is 0. The number of likely N-dealkylation sites (N-methyl/N-ethyl adjacent to an activating group) is 1. The average molecular weight is 278 g/mol. The maximum atomic E-state index is 11.6. The lowest BCUT2D eigenvalue weighted by atomic mass is 10.1. The monoisotopic (exact) mass is 278 g/mol. The molecule has 1 fully saturated rings. The molecule has 2 rings (SSSR count). The molecular weight excluding hydrogens is 264 g/mol. The fourth-order valence-corrected chi connectivity index (χ4v) is 1.96. The Morgan fingerprint density at radius 1 is 1.40 bits per heavy atom. The Kier molecular flexibility index (Phi) is 3.88. The molecule has 1 aromatic rings. The summed E-state index contributed by atoms with van der Waals surface area (Å²) in [6.07, 6.45) is -0.555. The highest BCUT2D eigenvalue weighted by Crippen LogP contribution is 2.17. The maximum Gasteiger partial charge on any atom is 0.410 e. The number of carboxylic acids is 1. The summed E-state index contributed by atoms with van der Waals surface area (Å²) in [5.41, 5.74) is 0.892. The lowest BCUT2D eigenvalue weighted by Gasteiger charge is -2.20. The van der Waals surface area contributed by atoms with Gasteiger partial charge in [-0.05, 0) is 17.7 Å². The molecule has 106 valence electrons. The minimum atomic E-state index is -1.01. The predicted molar refractivity (Wildman–Crippen MR) is 68.1 cm³/mol. The minimum absolute atomic E-state index is 0.0196. The third-order valence-electron chi connectivity index (χ3n) is 3.08. The molecule has 2 N–H and O–H groups in total. The van der Waals surface area contributed by atoms with Crippen molar-refractivity contribution in [3.05, 3.63) is 35.4 Å². The number of carboxylic acid groups (broad SMARTS) is 1. The second-order valence-corrected chi connectivity index (χ2v) is 4.34. The van der Waals surface area contributed by atoms with Gasteiger partial charge in [0.1, 0.15) is 12.6 Å². The van der Waals surface area contributed by atoms with E-state index < -0.39 is 18.1 Å². The van der Waals surface area contributed by atoms with Crippen LogP contribution in [0.3, 0.4) is 0 Å². The number of amides is 2. The van der Waals surface area contributed by atoms with Gasteiger partial charge >= 0.3 is 12.1 Å². The molecule has 2 amide bonds. The van der Waals surface area contributed by atoms with Crippen LogP contribution >= 0.6 is 0 Å². The van der Waals surface area contributed by atoms with E-state index in [1.807, 2.05) is 0 Å². The number of hydrogen-bond acceptors (Lipinski definition) is 4. The van der Waals surface area contributed by atoms with Gasteiger partial charge < -0.3 is 15.2 Å². The zero-order valence-corrected chi connectivity index (χ0v) is 10.8. The molecule has 0 spiro atoms. The Hall–Kier alpha value is -2.57. The van der Waals surface area contributed by atoms with Crippen LogP contribution in [0.15, 0.2) is 24.3 Å². The lowest BCUT2D eigenvalue weighted by molar-refractivity contribution is -0.124. The molecule has 7 heteroatoms. The van der Waals surface area contributed by atoms with Crippen LogP contribution in [0.25, 0.3) is 0 Å². The van der Waals surface area contributed by atoms with Crippen LogP contribution < -0.4 is 5.32 Å². The molecule has 1 saturated heterocycles. The molecule has 0 aromatic heterocycles. The van der Waals surface area contributed by atoms with Gasteiger partial charge in [-0.1, -0.05) is 12.1 Å². The first-order valence-electron chi connectivity index (χ1n) is 6.00. The smallest absolute Gasteiger partial charge is 0.410 e. The van der Waals surface area contributed by atoms with E-state index in [4.69, 9.17) is 9.84 Å². The molecule has 0 saturated carbocycles. The number of rotatable bonds is 4.